The molecule has 3 nitrogen and oxygen atoms in total. The number of benzene rings is 1. The van der Waals surface area contributed by atoms with Crippen LogP contribution in [-0.4, -0.2) is 30.9 Å². The molecule has 1 spiro atoms. The number of ether oxygens (including phenoxy) is 2. The third-order valence-electron chi connectivity index (χ3n) is 5.11. The molecule has 3 heteroatoms. The van der Waals surface area contributed by atoms with Crippen LogP contribution in [0.5, 0.6) is 5.75 Å². The Kier molecular flexibility index (Phi) is 3.20. The molecular formula is C17H23NO2. The summed E-state index contributed by atoms with van der Waals surface area (Å²) in [6.07, 6.45) is 7.53. The number of hydrogen-bond donors (Lipinski definition) is 1. The van der Waals surface area contributed by atoms with Crippen molar-refractivity contribution in [3.63, 3.8) is 0 Å². The van der Waals surface area contributed by atoms with Crippen LogP contribution in [0.2, 0.25) is 0 Å². The van der Waals surface area contributed by atoms with Crippen molar-refractivity contribution in [1.29, 1.82) is 0 Å². The van der Waals surface area contributed by atoms with Gasteiger partial charge in [-0.25, -0.2) is 0 Å². The summed E-state index contributed by atoms with van der Waals surface area (Å²) < 4.78 is 12.0. The van der Waals surface area contributed by atoms with E-state index in [4.69, 9.17) is 9.47 Å². The zero-order chi connectivity index (χ0) is 13.4. The molecular weight excluding hydrogens is 250 g/mol. The minimum Gasteiger partial charge on any atom is -0.488 e. The van der Waals surface area contributed by atoms with Crippen molar-refractivity contribution in [2.24, 2.45) is 0 Å². The van der Waals surface area contributed by atoms with Crippen molar-refractivity contribution >= 4 is 0 Å². The van der Waals surface area contributed by atoms with E-state index in [2.05, 4.69) is 23.5 Å². The number of hydrogen-bond acceptors (Lipinski definition) is 3. The van der Waals surface area contributed by atoms with Gasteiger partial charge in [0.1, 0.15) is 11.9 Å². The van der Waals surface area contributed by atoms with Crippen molar-refractivity contribution in [3.05, 3.63) is 29.8 Å². The average Bonchev–Trinajstić information content (AvgIpc) is 2.86. The number of para-hydroxylation sites is 1. The van der Waals surface area contributed by atoms with Crippen LogP contribution in [0, 0.1) is 0 Å². The Morgan fingerprint density at radius 2 is 2.15 bits per heavy atom. The fourth-order valence-corrected chi connectivity index (χ4v) is 3.79. The molecule has 0 aromatic heterocycles. The second-order valence-electron chi connectivity index (χ2n) is 6.53. The van der Waals surface area contributed by atoms with Crippen molar-refractivity contribution in [2.45, 2.75) is 56.3 Å². The number of rotatable bonds is 3. The van der Waals surface area contributed by atoms with E-state index in [-0.39, 0.29) is 5.60 Å². The maximum Gasteiger partial charge on any atom is 0.123 e. The Morgan fingerprint density at radius 3 is 2.95 bits per heavy atom. The molecule has 1 saturated carbocycles. The fraction of sp³-hybridized carbons (Fsp3) is 0.647. The van der Waals surface area contributed by atoms with Crippen LogP contribution in [0.1, 0.15) is 37.7 Å². The molecule has 1 saturated heterocycles. The monoisotopic (exact) mass is 273 g/mol. The Labute approximate surface area is 120 Å². The Balaban J connectivity index is 1.29. The first-order valence-corrected chi connectivity index (χ1v) is 7.95. The van der Waals surface area contributed by atoms with Crippen LogP contribution in [0.4, 0.5) is 0 Å². The van der Waals surface area contributed by atoms with Gasteiger partial charge in [0.2, 0.25) is 0 Å². The highest BCUT2D eigenvalue weighted by Crippen LogP contribution is 2.42. The fourth-order valence-electron chi connectivity index (χ4n) is 3.79. The van der Waals surface area contributed by atoms with Gasteiger partial charge in [0.25, 0.3) is 0 Å². The summed E-state index contributed by atoms with van der Waals surface area (Å²) in [5, 5.41) is 3.72. The van der Waals surface area contributed by atoms with Crippen LogP contribution in [0.3, 0.4) is 0 Å². The molecule has 20 heavy (non-hydrogen) atoms. The van der Waals surface area contributed by atoms with Crippen LogP contribution < -0.4 is 10.1 Å². The second-order valence-corrected chi connectivity index (χ2v) is 6.53. The highest BCUT2D eigenvalue weighted by atomic mass is 16.5. The molecule has 1 N–H and O–H groups in total. The molecule has 1 aromatic carbocycles. The van der Waals surface area contributed by atoms with Gasteiger partial charge in [-0.2, -0.15) is 0 Å². The Morgan fingerprint density at radius 1 is 1.25 bits per heavy atom. The molecule has 3 aliphatic rings. The lowest BCUT2D eigenvalue weighted by atomic mass is 9.74. The highest BCUT2D eigenvalue weighted by molar-refractivity contribution is 5.37. The third-order valence-corrected chi connectivity index (χ3v) is 5.11. The minimum absolute atomic E-state index is 0.232. The minimum atomic E-state index is 0.232. The summed E-state index contributed by atoms with van der Waals surface area (Å²) in [5.41, 5.74) is 1.58. The van der Waals surface area contributed by atoms with E-state index in [0.717, 1.165) is 31.7 Å². The summed E-state index contributed by atoms with van der Waals surface area (Å²) in [6.45, 7) is 1.87. The Hall–Kier alpha value is -1.06. The maximum absolute atomic E-state index is 6.00. The largest absolute Gasteiger partial charge is 0.488 e. The summed E-state index contributed by atoms with van der Waals surface area (Å²) in [7, 11) is 0. The lowest BCUT2D eigenvalue weighted by Crippen LogP contribution is -2.52. The van der Waals surface area contributed by atoms with Crippen molar-refractivity contribution in [2.75, 3.05) is 13.2 Å². The van der Waals surface area contributed by atoms with Crippen molar-refractivity contribution < 1.29 is 9.47 Å². The quantitative estimate of drug-likeness (QED) is 0.918. The smallest absolute Gasteiger partial charge is 0.123 e. The van der Waals surface area contributed by atoms with Crippen LogP contribution >= 0.6 is 0 Å². The molecule has 2 fully saturated rings. The van der Waals surface area contributed by atoms with E-state index in [9.17, 15) is 0 Å². The van der Waals surface area contributed by atoms with Crippen LogP contribution in [0.25, 0.3) is 0 Å². The van der Waals surface area contributed by atoms with E-state index >= 15 is 0 Å². The van der Waals surface area contributed by atoms with E-state index in [1.54, 1.807) is 0 Å². The molecule has 0 bridgehead atoms. The first-order chi connectivity index (χ1) is 9.83. The molecule has 2 heterocycles. The molecule has 2 unspecified atom stereocenters. The molecule has 1 aliphatic carbocycles. The lowest BCUT2D eigenvalue weighted by Gasteiger charge is -2.47. The maximum atomic E-state index is 6.00. The molecule has 1 aromatic rings. The topological polar surface area (TPSA) is 30.5 Å². The molecule has 4 rings (SSSR count). The second kappa shape index (κ2) is 5.05. The van der Waals surface area contributed by atoms with E-state index in [1.165, 1.54) is 31.2 Å². The predicted molar refractivity (Wildman–Crippen MR) is 78.1 cm³/mol. The van der Waals surface area contributed by atoms with Gasteiger partial charge in [-0.05, 0) is 43.7 Å². The van der Waals surface area contributed by atoms with E-state index in [1.807, 2.05) is 6.07 Å². The highest BCUT2D eigenvalue weighted by Gasteiger charge is 2.42. The van der Waals surface area contributed by atoms with Crippen molar-refractivity contribution in [1.82, 2.24) is 5.32 Å². The first-order valence-electron chi connectivity index (χ1n) is 7.95. The Bertz CT molecular complexity index is 459. The summed E-state index contributed by atoms with van der Waals surface area (Å²) in [6, 6.07) is 9.00. The molecule has 108 valence electrons. The predicted octanol–water partition coefficient (Wildman–Crippen LogP) is 2.68. The van der Waals surface area contributed by atoms with Gasteiger partial charge in [-0.15, -0.1) is 0 Å². The van der Waals surface area contributed by atoms with Gasteiger partial charge in [-0.3, -0.25) is 0 Å². The molecule has 0 radical (unpaired) electrons. The summed E-state index contributed by atoms with van der Waals surface area (Å²) >= 11 is 0. The van der Waals surface area contributed by atoms with Crippen LogP contribution in [-0.2, 0) is 11.2 Å². The molecule has 2 aliphatic heterocycles. The number of fused-ring (bicyclic) bond motifs is 1. The molecule has 2 atom stereocenters. The van der Waals surface area contributed by atoms with Gasteiger partial charge in [-0.1, -0.05) is 18.2 Å². The van der Waals surface area contributed by atoms with Gasteiger partial charge in [0.05, 0.1) is 5.60 Å². The zero-order valence-electron chi connectivity index (χ0n) is 11.9. The van der Waals surface area contributed by atoms with Crippen molar-refractivity contribution in [3.8, 4) is 5.75 Å². The average molecular weight is 273 g/mol. The van der Waals surface area contributed by atoms with Gasteiger partial charge < -0.3 is 14.8 Å². The van der Waals surface area contributed by atoms with Gasteiger partial charge >= 0.3 is 0 Å². The van der Waals surface area contributed by atoms with E-state index in [0.29, 0.717) is 12.1 Å². The third kappa shape index (κ3) is 2.33. The lowest BCUT2D eigenvalue weighted by molar-refractivity contribution is -0.135. The van der Waals surface area contributed by atoms with Gasteiger partial charge in [0.15, 0.2) is 0 Å². The molecule has 0 amide bonds. The normalized spacial score (nSPS) is 30.6. The standard InChI is InChI=1S/C17H23NO2/c1-2-5-16-13(4-1)10-15(20-16)12-18-14-6-9-19-17(11-14)7-3-8-17/h1-2,4-5,14-15,18H,3,6-12H2. The summed E-state index contributed by atoms with van der Waals surface area (Å²) in [5.74, 6) is 1.07. The number of nitrogens with one attached hydrogen (secondary N) is 1. The van der Waals surface area contributed by atoms with Gasteiger partial charge in [0, 0.05) is 25.6 Å². The van der Waals surface area contributed by atoms with E-state index < -0.39 is 0 Å². The first kappa shape index (κ1) is 12.7. The SMILES string of the molecule is c1ccc2c(c1)CC(CNC1CCOC3(CCC3)C1)O2. The summed E-state index contributed by atoms with van der Waals surface area (Å²) in [4.78, 5) is 0. The zero-order valence-corrected chi connectivity index (χ0v) is 11.9. The van der Waals surface area contributed by atoms with Crippen LogP contribution in [0.15, 0.2) is 24.3 Å².